The third-order valence-corrected chi connectivity index (χ3v) is 3.75. The number of carbonyl (C=O) groups excluding carboxylic acids is 2. The Labute approximate surface area is 119 Å². The Morgan fingerprint density at radius 1 is 1.40 bits per heavy atom. The van der Waals surface area contributed by atoms with E-state index in [4.69, 9.17) is 4.55 Å². The molecular weight excluding hydrogens is 284 g/mol. The van der Waals surface area contributed by atoms with Crippen LogP contribution in [0.25, 0.3) is 0 Å². The summed E-state index contributed by atoms with van der Waals surface area (Å²) in [5.74, 6) is -0.293. The van der Waals surface area contributed by atoms with Gasteiger partial charge >= 0.3 is 0 Å². The lowest BCUT2D eigenvalue weighted by Crippen LogP contribution is -2.26. The van der Waals surface area contributed by atoms with Crippen LogP contribution in [0.3, 0.4) is 0 Å². The second kappa shape index (κ2) is 9.38. The Hall–Kier alpha value is -1.54. The lowest BCUT2D eigenvalue weighted by Gasteiger charge is -2.15. The maximum atomic E-state index is 11.4. The lowest BCUT2D eigenvalue weighted by atomic mass is 10.2. The quantitative estimate of drug-likeness (QED) is 0.217. The minimum atomic E-state index is -4.14. The third kappa shape index (κ3) is 7.80. The number of rotatable bonds is 9. The fourth-order valence-corrected chi connectivity index (χ4v) is 2.26. The molecule has 1 amide bonds. The van der Waals surface area contributed by atoms with Crippen LogP contribution >= 0.6 is 0 Å². The van der Waals surface area contributed by atoms with Crippen molar-refractivity contribution in [3.63, 3.8) is 0 Å². The van der Waals surface area contributed by atoms with Crippen LogP contribution < -0.4 is 0 Å². The second-order valence-corrected chi connectivity index (χ2v) is 5.85. The third-order valence-electron chi connectivity index (χ3n) is 2.62. The highest BCUT2D eigenvalue weighted by Crippen LogP contribution is 2.08. The standard InChI is InChI=1S/C12H20N2O5S/c1-13-10-11(20(17,18)19)6-3-4-8-14(2)12(16)7-5-9-15/h5,7,9-11H,3-4,6,8H2,1-2H3,(H,17,18,19)/b7-5-,13-10+. The molecule has 0 radical (unpaired) electrons. The first kappa shape index (κ1) is 18.5. The molecule has 1 unspecified atom stereocenters. The van der Waals surface area contributed by atoms with E-state index in [1.165, 1.54) is 18.2 Å². The summed E-state index contributed by atoms with van der Waals surface area (Å²) >= 11 is 0. The molecule has 8 heteroatoms. The second-order valence-electron chi connectivity index (χ2n) is 4.21. The number of carbonyl (C=O) groups is 2. The molecule has 1 atom stereocenters. The van der Waals surface area contributed by atoms with E-state index in [1.807, 2.05) is 0 Å². The van der Waals surface area contributed by atoms with Gasteiger partial charge in [-0.25, -0.2) is 0 Å². The molecule has 0 aliphatic carbocycles. The van der Waals surface area contributed by atoms with Crippen LogP contribution in [0.15, 0.2) is 17.1 Å². The van der Waals surface area contributed by atoms with E-state index in [-0.39, 0.29) is 12.3 Å². The highest BCUT2D eigenvalue weighted by atomic mass is 32.2. The molecule has 0 aromatic rings. The molecule has 1 N–H and O–H groups in total. The summed E-state index contributed by atoms with van der Waals surface area (Å²) < 4.78 is 31.0. The van der Waals surface area contributed by atoms with Crippen molar-refractivity contribution >= 4 is 28.5 Å². The molecule has 0 aliphatic rings. The number of hydrogen-bond donors (Lipinski definition) is 1. The monoisotopic (exact) mass is 304 g/mol. The van der Waals surface area contributed by atoms with Gasteiger partial charge in [-0.15, -0.1) is 0 Å². The van der Waals surface area contributed by atoms with Gasteiger partial charge in [-0.1, -0.05) is 0 Å². The smallest absolute Gasteiger partial charge is 0.272 e. The van der Waals surface area contributed by atoms with E-state index >= 15 is 0 Å². The summed E-state index contributed by atoms with van der Waals surface area (Å²) in [6, 6.07) is 0. The number of aliphatic imine (C=N–C) groups is 1. The highest BCUT2D eigenvalue weighted by Gasteiger charge is 2.20. The van der Waals surface area contributed by atoms with Crippen LogP contribution in [-0.4, -0.2) is 62.2 Å². The molecule has 0 bridgehead atoms. The van der Waals surface area contributed by atoms with Gasteiger partial charge < -0.3 is 4.90 Å². The molecule has 7 nitrogen and oxygen atoms in total. The van der Waals surface area contributed by atoms with Crippen molar-refractivity contribution in [1.29, 1.82) is 0 Å². The number of unbranched alkanes of at least 4 members (excludes halogenated alkanes) is 1. The Bertz CT molecular complexity index is 470. The topological polar surface area (TPSA) is 104 Å². The van der Waals surface area contributed by atoms with Gasteiger partial charge in [0.15, 0.2) is 0 Å². The van der Waals surface area contributed by atoms with Gasteiger partial charge in [0.1, 0.15) is 11.5 Å². The van der Waals surface area contributed by atoms with Gasteiger partial charge in [-0.05, 0) is 25.3 Å². The predicted molar refractivity (Wildman–Crippen MR) is 76.4 cm³/mol. The number of hydrogen-bond acceptors (Lipinski definition) is 5. The van der Waals surface area contributed by atoms with Gasteiger partial charge in [0.05, 0.1) is 0 Å². The van der Waals surface area contributed by atoms with Crippen molar-refractivity contribution in [2.75, 3.05) is 20.6 Å². The highest BCUT2D eigenvalue weighted by molar-refractivity contribution is 7.87. The van der Waals surface area contributed by atoms with Crippen molar-refractivity contribution in [2.24, 2.45) is 4.99 Å². The molecule has 0 aromatic carbocycles. The zero-order valence-corrected chi connectivity index (χ0v) is 12.4. The number of amides is 1. The summed E-state index contributed by atoms with van der Waals surface area (Å²) in [6.07, 6.45) is 5.33. The van der Waals surface area contributed by atoms with Gasteiger partial charge in [-0.3, -0.25) is 19.1 Å². The van der Waals surface area contributed by atoms with E-state index in [0.717, 1.165) is 12.2 Å². The van der Waals surface area contributed by atoms with E-state index in [0.29, 0.717) is 25.7 Å². The summed E-state index contributed by atoms with van der Waals surface area (Å²) in [5, 5.41) is -1.01. The average Bonchev–Trinajstić information content (AvgIpc) is 2.37. The molecule has 0 rings (SSSR count). The van der Waals surface area contributed by atoms with Gasteiger partial charge in [0.2, 0.25) is 5.91 Å². The van der Waals surface area contributed by atoms with Crippen molar-refractivity contribution in [1.82, 2.24) is 4.90 Å². The number of aldehydes is 1. The van der Waals surface area contributed by atoms with Crippen LogP contribution in [0.5, 0.6) is 0 Å². The van der Waals surface area contributed by atoms with Crippen LogP contribution in [-0.2, 0) is 19.7 Å². The Morgan fingerprint density at radius 2 is 2.05 bits per heavy atom. The summed E-state index contributed by atoms with van der Waals surface area (Å²) in [7, 11) is -1.11. The number of allylic oxidation sites excluding steroid dienone is 1. The van der Waals surface area contributed by atoms with Gasteiger partial charge in [0.25, 0.3) is 10.1 Å². The van der Waals surface area contributed by atoms with Crippen molar-refractivity contribution in [3.8, 4) is 0 Å². The van der Waals surface area contributed by atoms with E-state index in [1.54, 1.807) is 7.05 Å². The van der Waals surface area contributed by atoms with Crippen molar-refractivity contribution in [2.45, 2.75) is 24.5 Å². The summed E-state index contributed by atoms with van der Waals surface area (Å²) in [5.41, 5.74) is 0. The first-order valence-corrected chi connectivity index (χ1v) is 7.58. The summed E-state index contributed by atoms with van der Waals surface area (Å²) in [4.78, 5) is 26.5. The number of nitrogens with zero attached hydrogens (tertiary/aromatic N) is 2. The van der Waals surface area contributed by atoms with Crippen LogP contribution in [0.1, 0.15) is 19.3 Å². The number of likely N-dealkylation sites (N-methyl/N-ethyl adjacent to an activating group) is 1. The molecule has 0 aliphatic heterocycles. The molecule has 0 saturated heterocycles. The van der Waals surface area contributed by atoms with E-state index in [2.05, 4.69) is 4.99 Å². The Balaban J connectivity index is 4.15. The molecule has 0 aromatic heterocycles. The fourth-order valence-electron chi connectivity index (χ4n) is 1.52. The van der Waals surface area contributed by atoms with Gasteiger partial charge in [0, 0.05) is 32.9 Å². The molecular formula is C12H20N2O5S. The van der Waals surface area contributed by atoms with E-state index in [9.17, 15) is 18.0 Å². The predicted octanol–water partition coefficient (Wildman–Crippen LogP) is 0.327. The zero-order valence-electron chi connectivity index (χ0n) is 11.6. The fraction of sp³-hybridized carbons (Fsp3) is 0.583. The van der Waals surface area contributed by atoms with Crippen LogP contribution in [0.2, 0.25) is 0 Å². The first-order valence-electron chi connectivity index (χ1n) is 6.08. The normalized spacial score (nSPS) is 13.8. The SMILES string of the molecule is C/N=C/C(CCCCN(C)C(=O)/C=C\C=O)S(=O)(=O)O. The molecule has 114 valence electrons. The van der Waals surface area contributed by atoms with Crippen molar-refractivity contribution < 1.29 is 22.6 Å². The minimum absolute atomic E-state index is 0.238. The molecule has 0 fully saturated rings. The first-order chi connectivity index (χ1) is 9.32. The molecule has 0 heterocycles. The molecule has 0 spiro atoms. The molecule has 20 heavy (non-hydrogen) atoms. The average molecular weight is 304 g/mol. The maximum absolute atomic E-state index is 11.4. The largest absolute Gasteiger partial charge is 0.342 e. The lowest BCUT2D eigenvalue weighted by molar-refractivity contribution is -0.125. The Kier molecular flexibility index (Phi) is 8.66. The molecule has 0 saturated carbocycles. The van der Waals surface area contributed by atoms with E-state index < -0.39 is 15.4 Å². The minimum Gasteiger partial charge on any atom is -0.342 e. The Morgan fingerprint density at radius 3 is 2.55 bits per heavy atom. The van der Waals surface area contributed by atoms with Crippen molar-refractivity contribution in [3.05, 3.63) is 12.2 Å². The van der Waals surface area contributed by atoms with Gasteiger partial charge in [-0.2, -0.15) is 8.42 Å². The maximum Gasteiger partial charge on any atom is 0.272 e. The van der Waals surface area contributed by atoms with Crippen LogP contribution in [0.4, 0.5) is 0 Å². The zero-order chi connectivity index (χ0) is 15.6. The summed E-state index contributed by atoms with van der Waals surface area (Å²) in [6.45, 7) is 0.434. The van der Waals surface area contributed by atoms with Crippen LogP contribution in [0, 0.1) is 0 Å².